The number of aryl methyl sites for hydroxylation is 2. The minimum absolute atomic E-state index is 0.126. The Hall–Kier alpha value is -2.71. The fourth-order valence-corrected chi connectivity index (χ4v) is 2.86. The van der Waals surface area contributed by atoms with Crippen molar-refractivity contribution in [1.82, 2.24) is 10.2 Å². The smallest absolute Gasteiger partial charge is 0.159 e. The van der Waals surface area contributed by atoms with Crippen LogP contribution < -0.4 is 5.32 Å². The zero-order chi connectivity index (χ0) is 32.7. The van der Waals surface area contributed by atoms with E-state index in [0.717, 1.165) is 30.2 Å². The summed E-state index contributed by atoms with van der Waals surface area (Å²) in [5, 5.41) is 12.0. The third-order valence-corrected chi connectivity index (χ3v) is 5.56. The van der Waals surface area contributed by atoms with Gasteiger partial charge >= 0.3 is 0 Å². The summed E-state index contributed by atoms with van der Waals surface area (Å²) in [6.07, 6.45) is 2.82. The van der Waals surface area contributed by atoms with Crippen LogP contribution in [0.5, 0.6) is 0 Å². The molecule has 1 rings (SSSR count). The average Bonchev–Trinajstić information content (AvgIpc) is 2.87. The number of carbonyl (C=O) groups excluding carboxylic acids is 1. The van der Waals surface area contributed by atoms with Gasteiger partial charge in [0.15, 0.2) is 5.78 Å². The van der Waals surface area contributed by atoms with Gasteiger partial charge in [-0.2, -0.15) is 5.26 Å². The number of nitrogens with zero attached hydrogens (tertiary/aromatic N) is 3. The van der Waals surface area contributed by atoms with Crippen LogP contribution in [0.3, 0.4) is 0 Å². The summed E-state index contributed by atoms with van der Waals surface area (Å²) in [5.41, 5.74) is 5.20. The van der Waals surface area contributed by atoms with Crippen molar-refractivity contribution in [2.24, 2.45) is 15.8 Å². The fourth-order valence-electron chi connectivity index (χ4n) is 2.86. The lowest BCUT2D eigenvalue weighted by atomic mass is 9.93. The molecule has 0 bridgehead atoms. The van der Waals surface area contributed by atoms with Crippen molar-refractivity contribution >= 4 is 11.6 Å². The van der Waals surface area contributed by atoms with Crippen LogP contribution in [0.2, 0.25) is 0 Å². The van der Waals surface area contributed by atoms with Crippen LogP contribution in [0.15, 0.2) is 47.1 Å². The third-order valence-electron chi connectivity index (χ3n) is 5.56. The van der Waals surface area contributed by atoms with Gasteiger partial charge in [0.2, 0.25) is 0 Å². The molecule has 1 aromatic rings. The molecular weight excluding hydrogens is 492 g/mol. The number of Topliss-reactive ketones (excluding diaryl/α,β-unsaturated/α-hetero) is 1. The molecule has 0 amide bonds. The molecule has 0 heterocycles. The number of ketones is 1. The molecule has 40 heavy (non-hydrogen) atoms. The monoisotopic (exact) mass is 557 g/mol. The number of allylic oxidation sites excluding steroid dienone is 3. The number of benzene rings is 1. The second-order valence-electron chi connectivity index (χ2n) is 11.6. The first kappa shape index (κ1) is 44.3. The molecular formula is C35H64N4O. The van der Waals surface area contributed by atoms with Crippen LogP contribution in [0.1, 0.15) is 118 Å². The zero-order valence-corrected chi connectivity index (χ0v) is 29.4. The van der Waals surface area contributed by atoms with Crippen molar-refractivity contribution in [1.29, 1.82) is 5.26 Å². The van der Waals surface area contributed by atoms with Crippen LogP contribution in [0, 0.1) is 36.0 Å². The SMILES string of the molecule is C=C/C(C#N)=C(/C)NC(C)=NCC(C)(C)CN(C)C.CC.CC.CC(=O)c1ccc(C)c(C)c1.CCC(C)(C)C. The van der Waals surface area contributed by atoms with Crippen LogP contribution in [-0.2, 0) is 0 Å². The molecule has 0 aliphatic heterocycles. The van der Waals surface area contributed by atoms with E-state index in [1.54, 1.807) is 13.0 Å². The van der Waals surface area contributed by atoms with Gasteiger partial charge in [-0.15, -0.1) is 0 Å². The summed E-state index contributed by atoms with van der Waals surface area (Å²) in [7, 11) is 4.12. The standard InChI is InChI=1S/C15H26N4.C10H12O.C6H14.2C2H6/c1-8-14(9-16)12(2)18-13(3)17-10-15(4,5)11-19(6)7;1-7-4-5-10(9(3)11)6-8(7)2;1-5-6(2,3)4;2*1-2/h8H,1,10-11H2,2-7H3,(H,17,18);4-6H,1-3H3;5H2,1-4H3;2*1-2H3/b14-12+;;;;. The number of amidine groups is 1. The molecule has 5 nitrogen and oxygen atoms in total. The number of hydrogen-bond acceptors (Lipinski definition) is 4. The topological polar surface area (TPSA) is 68.5 Å². The number of rotatable bonds is 7. The predicted octanol–water partition coefficient (Wildman–Crippen LogP) is 9.57. The van der Waals surface area contributed by atoms with Crippen molar-refractivity contribution in [3.8, 4) is 6.07 Å². The highest BCUT2D eigenvalue weighted by Gasteiger charge is 2.18. The molecule has 1 N–H and O–H groups in total. The molecule has 230 valence electrons. The van der Waals surface area contributed by atoms with E-state index in [-0.39, 0.29) is 11.2 Å². The second kappa shape index (κ2) is 24.1. The van der Waals surface area contributed by atoms with E-state index in [1.807, 2.05) is 73.6 Å². The van der Waals surface area contributed by atoms with E-state index in [9.17, 15) is 4.79 Å². The predicted molar refractivity (Wildman–Crippen MR) is 180 cm³/mol. The maximum Gasteiger partial charge on any atom is 0.159 e. The molecule has 0 saturated heterocycles. The molecule has 0 aliphatic carbocycles. The number of hydrogen-bond donors (Lipinski definition) is 1. The molecule has 0 saturated carbocycles. The summed E-state index contributed by atoms with van der Waals surface area (Å²) in [6, 6.07) is 7.86. The Labute approximate surface area is 249 Å². The minimum Gasteiger partial charge on any atom is -0.347 e. The fraction of sp³-hybridized carbons (Fsp3) is 0.629. The summed E-state index contributed by atoms with van der Waals surface area (Å²) in [6.45, 7) is 36.1. The normalized spacial score (nSPS) is 11.4. The van der Waals surface area contributed by atoms with Crippen molar-refractivity contribution in [3.05, 3.63) is 58.8 Å². The molecule has 0 aromatic heterocycles. The first-order valence-corrected chi connectivity index (χ1v) is 14.6. The summed E-state index contributed by atoms with van der Waals surface area (Å²) < 4.78 is 0. The van der Waals surface area contributed by atoms with E-state index < -0.39 is 0 Å². The van der Waals surface area contributed by atoms with Gasteiger partial charge in [0, 0.05) is 24.4 Å². The molecule has 0 unspecified atom stereocenters. The van der Waals surface area contributed by atoms with E-state index in [2.05, 4.69) is 83.5 Å². The molecule has 0 radical (unpaired) electrons. The molecule has 0 spiro atoms. The lowest BCUT2D eigenvalue weighted by Gasteiger charge is -2.26. The van der Waals surface area contributed by atoms with Crippen LogP contribution in [-0.4, -0.2) is 43.7 Å². The summed E-state index contributed by atoms with van der Waals surface area (Å²) >= 11 is 0. The highest BCUT2D eigenvalue weighted by molar-refractivity contribution is 5.94. The number of carbonyl (C=O) groups is 1. The van der Waals surface area contributed by atoms with Crippen molar-refractivity contribution < 1.29 is 4.79 Å². The van der Waals surface area contributed by atoms with Gasteiger partial charge in [0.05, 0.1) is 11.4 Å². The van der Waals surface area contributed by atoms with Gasteiger partial charge in [0.25, 0.3) is 0 Å². The van der Waals surface area contributed by atoms with Crippen LogP contribution in [0.25, 0.3) is 0 Å². The Morgan fingerprint density at radius 1 is 1.02 bits per heavy atom. The van der Waals surface area contributed by atoms with Crippen molar-refractivity contribution in [2.45, 2.75) is 110 Å². The molecule has 0 fully saturated rings. The van der Waals surface area contributed by atoms with Gasteiger partial charge in [0.1, 0.15) is 6.07 Å². The van der Waals surface area contributed by atoms with Gasteiger partial charge in [-0.1, -0.05) is 94.4 Å². The molecule has 0 atom stereocenters. The summed E-state index contributed by atoms with van der Waals surface area (Å²) in [4.78, 5) is 17.6. The van der Waals surface area contributed by atoms with Crippen molar-refractivity contribution in [2.75, 3.05) is 27.2 Å². The van der Waals surface area contributed by atoms with Crippen LogP contribution >= 0.6 is 0 Å². The van der Waals surface area contributed by atoms with Crippen LogP contribution in [0.4, 0.5) is 0 Å². The first-order valence-electron chi connectivity index (χ1n) is 14.6. The lowest BCUT2D eigenvalue weighted by Crippen LogP contribution is -2.32. The quantitative estimate of drug-likeness (QED) is 0.119. The zero-order valence-electron chi connectivity index (χ0n) is 29.4. The van der Waals surface area contributed by atoms with Gasteiger partial charge in [-0.05, 0) is 82.8 Å². The number of nitriles is 1. The number of nitrogens with one attached hydrogen (secondary N) is 1. The summed E-state index contributed by atoms with van der Waals surface area (Å²) in [5.74, 6) is 0.951. The Kier molecular flexibility index (Phi) is 26.7. The molecule has 0 aliphatic rings. The van der Waals surface area contributed by atoms with Crippen molar-refractivity contribution in [3.63, 3.8) is 0 Å². The molecule has 1 aromatic carbocycles. The maximum absolute atomic E-state index is 10.9. The number of aliphatic imine (C=N–C) groups is 1. The van der Waals surface area contributed by atoms with Gasteiger partial charge in [-0.25, -0.2) is 0 Å². The first-order chi connectivity index (χ1) is 18.4. The maximum atomic E-state index is 10.9. The van der Waals surface area contributed by atoms with E-state index in [0.29, 0.717) is 11.0 Å². The third kappa shape index (κ3) is 25.6. The largest absolute Gasteiger partial charge is 0.347 e. The van der Waals surface area contributed by atoms with E-state index in [1.165, 1.54) is 17.5 Å². The Bertz CT molecular complexity index is 939. The van der Waals surface area contributed by atoms with E-state index >= 15 is 0 Å². The highest BCUT2D eigenvalue weighted by Crippen LogP contribution is 2.17. The average molecular weight is 557 g/mol. The van der Waals surface area contributed by atoms with E-state index in [4.69, 9.17) is 5.26 Å². The van der Waals surface area contributed by atoms with Gasteiger partial charge < -0.3 is 10.2 Å². The lowest BCUT2D eigenvalue weighted by molar-refractivity contribution is 0.101. The minimum atomic E-state index is 0.126. The second-order valence-corrected chi connectivity index (χ2v) is 11.6. The Balaban J connectivity index is -0.000000259. The highest BCUT2D eigenvalue weighted by atomic mass is 16.1. The Morgan fingerprint density at radius 3 is 1.82 bits per heavy atom. The Morgan fingerprint density at radius 2 is 1.50 bits per heavy atom. The van der Waals surface area contributed by atoms with Gasteiger partial charge in [-0.3, -0.25) is 9.79 Å². The molecule has 5 heteroatoms.